The van der Waals surface area contributed by atoms with Crippen LogP contribution in [0.25, 0.3) is 0 Å². The molecule has 19 heavy (non-hydrogen) atoms. The van der Waals surface area contributed by atoms with Crippen molar-refractivity contribution >= 4 is 21.9 Å². The number of halogens is 6. The van der Waals surface area contributed by atoms with Crippen molar-refractivity contribution in [2.45, 2.75) is 36.9 Å². The van der Waals surface area contributed by atoms with Gasteiger partial charge in [-0.25, -0.2) is 4.39 Å². The fraction of sp³-hybridized carbons (Fsp3) is 1.00. The average Bonchev–Trinajstić information content (AvgIpc) is 2.70. The third kappa shape index (κ3) is 7.25. The highest BCUT2D eigenvalue weighted by molar-refractivity contribution is 7.99. The highest BCUT2D eigenvalue weighted by Crippen LogP contribution is 2.34. The van der Waals surface area contributed by atoms with E-state index in [2.05, 4.69) is 11.8 Å². The van der Waals surface area contributed by atoms with Crippen LogP contribution in [0.3, 0.4) is 0 Å². The zero-order valence-electron chi connectivity index (χ0n) is 9.46. The first kappa shape index (κ1) is 18.8. The molecule has 1 atom stereocenters. The minimum atomic E-state index is -6.18. The number of rotatable bonds is 3. The molecule has 1 unspecified atom stereocenters. The number of hydrogen-bond donors (Lipinski definition) is 1. The van der Waals surface area contributed by atoms with E-state index in [0.29, 0.717) is 0 Å². The van der Waals surface area contributed by atoms with Gasteiger partial charge in [-0.1, -0.05) is 0 Å². The molecule has 1 N–H and O–H groups in total. The van der Waals surface area contributed by atoms with Gasteiger partial charge in [-0.3, -0.25) is 4.55 Å². The maximum Gasteiger partial charge on any atom is 0.400 e. The molecule has 0 aromatic heterocycles. The zero-order valence-corrected chi connectivity index (χ0v) is 11.1. The van der Waals surface area contributed by atoms with Crippen molar-refractivity contribution in [2.24, 2.45) is 0 Å². The monoisotopic (exact) mass is 334 g/mol. The predicted octanol–water partition coefficient (Wildman–Crippen LogP) is 3.27. The Bertz CT molecular complexity index is 356. The first-order chi connectivity index (χ1) is 8.38. The largest absolute Gasteiger partial charge is 0.400 e. The van der Waals surface area contributed by atoms with Crippen molar-refractivity contribution in [2.75, 3.05) is 11.5 Å². The molecular formula is C8H12F6O3S2. The van der Waals surface area contributed by atoms with Crippen LogP contribution >= 0.6 is 11.8 Å². The van der Waals surface area contributed by atoms with Crippen molar-refractivity contribution < 1.29 is 39.3 Å². The second kappa shape index (κ2) is 7.02. The molecule has 1 aliphatic heterocycles. The van der Waals surface area contributed by atoms with Gasteiger partial charge in [0.15, 0.2) is 6.17 Å². The third-order valence-electron chi connectivity index (χ3n) is 1.95. The molecule has 0 aliphatic carbocycles. The molecule has 0 bridgehead atoms. The Morgan fingerprint density at radius 2 is 1.53 bits per heavy atom. The minimum absolute atomic E-state index is 1.42. The van der Waals surface area contributed by atoms with E-state index in [1.165, 1.54) is 24.3 Å². The van der Waals surface area contributed by atoms with Crippen molar-refractivity contribution in [3.8, 4) is 0 Å². The van der Waals surface area contributed by atoms with Crippen LogP contribution in [0.2, 0.25) is 0 Å². The lowest BCUT2D eigenvalue weighted by atomic mass is 10.3. The van der Waals surface area contributed by atoms with Crippen molar-refractivity contribution in [3.05, 3.63) is 0 Å². The molecule has 0 spiro atoms. The molecule has 0 saturated carbocycles. The number of thioether (sulfide) groups is 1. The SMILES string of the molecule is C1CCSC1.O=S(=O)(O)C(F)(F)C(F)CC(F)(F)F. The fourth-order valence-electron chi connectivity index (χ4n) is 0.994. The smallest absolute Gasteiger partial charge is 0.281 e. The maximum atomic E-state index is 12.2. The molecular weight excluding hydrogens is 322 g/mol. The number of alkyl halides is 6. The molecule has 3 nitrogen and oxygen atoms in total. The average molecular weight is 334 g/mol. The Morgan fingerprint density at radius 1 is 1.11 bits per heavy atom. The molecule has 0 radical (unpaired) electrons. The van der Waals surface area contributed by atoms with Crippen LogP contribution in [-0.4, -0.2) is 42.1 Å². The van der Waals surface area contributed by atoms with E-state index in [4.69, 9.17) is 4.55 Å². The summed E-state index contributed by atoms with van der Waals surface area (Å²) in [5.41, 5.74) is 0. The van der Waals surface area contributed by atoms with E-state index in [1.54, 1.807) is 0 Å². The molecule has 1 rings (SSSR count). The van der Waals surface area contributed by atoms with E-state index in [9.17, 15) is 34.8 Å². The van der Waals surface area contributed by atoms with Crippen LogP contribution in [0.4, 0.5) is 26.3 Å². The van der Waals surface area contributed by atoms with E-state index in [0.717, 1.165) is 0 Å². The van der Waals surface area contributed by atoms with Gasteiger partial charge in [0.1, 0.15) is 0 Å². The summed E-state index contributed by atoms with van der Waals surface area (Å²) in [5, 5.41) is -5.46. The Kier molecular flexibility index (Phi) is 6.96. The van der Waals surface area contributed by atoms with Crippen LogP contribution in [0.5, 0.6) is 0 Å². The minimum Gasteiger partial charge on any atom is -0.281 e. The summed E-state index contributed by atoms with van der Waals surface area (Å²) in [7, 11) is -6.18. The molecule has 1 aliphatic rings. The van der Waals surface area contributed by atoms with Gasteiger partial charge >= 0.3 is 21.5 Å². The van der Waals surface area contributed by atoms with Gasteiger partial charge in [0.05, 0.1) is 6.42 Å². The highest BCUT2D eigenvalue weighted by Gasteiger charge is 2.55. The lowest BCUT2D eigenvalue weighted by Gasteiger charge is -2.18. The molecule has 0 aromatic carbocycles. The summed E-state index contributed by atoms with van der Waals surface area (Å²) in [4.78, 5) is 0. The molecule has 1 heterocycles. The normalized spacial score (nSPS) is 18.7. The van der Waals surface area contributed by atoms with Gasteiger partial charge in [0.2, 0.25) is 0 Å². The molecule has 0 amide bonds. The fourth-order valence-corrected chi connectivity index (χ4v) is 2.42. The van der Waals surface area contributed by atoms with Crippen LogP contribution in [-0.2, 0) is 10.1 Å². The zero-order chi connectivity index (χ0) is 15.3. The number of hydrogen-bond acceptors (Lipinski definition) is 3. The second-order valence-corrected chi connectivity index (χ2v) is 6.36. The van der Waals surface area contributed by atoms with Crippen molar-refractivity contribution in [1.29, 1.82) is 0 Å². The Morgan fingerprint density at radius 3 is 1.74 bits per heavy atom. The van der Waals surface area contributed by atoms with Crippen molar-refractivity contribution in [3.63, 3.8) is 0 Å². The van der Waals surface area contributed by atoms with Crippen LogP contribution < -0.4 is 0 Å². The summed E-state index contributed by atoms with van der Waals surface area (Å²) >= 11 is 2.07. The Balaban J connectivity index is 0.000000532. The quantitative estimate of drug-likeness (QED) is 0.636. The Labute approximate surface area is 110 Å². The standard InChI is InChI=1S/C4H4F6O3S.C4H8S/c5-2(1-3(6,7)8)4(9,10)14(11,12)13;1-2-4-5-3-1/h2H,1H2,(H,11,12,13);1-4H2. The topological polar surface area (TPSA) is 54.4 Å². The molecule has 11 heteroatoms. The summed E-state index contributed by atoms with van der Waals surface area (Å²) < 4.78 is 97.9. The van der Waals surface area contributed by atoms with Gasteiger partial charge in [0, 0.05) is 0 Å². The van der Waals surface area contributed by atoms with E-state index >= 15 is 0 Å². The third-order valence-corrected chi connectivity index (χ3v) is 4.04. The van der Waals surface area contributed by atoms with Gasteiger partial charge in [-0.05, 0) is 24.3 Å². The summed E-state index contributed by atoms with van der Waals surface area (Å²) in [6.07, 6.45) is -9.04. The second-order valence-electron chi connectivity index (χ2n) is 3.64. The lowest BCUT2D eigenvalue weighted by molar-refractivity contribution is -0.163. The molecule has 0 aromatic rings. The summed E-state index contributed by atoms with van der Waals surface area (Å²) in [5.74, 6) is 2.83. The van der Waals surface area contributed by atoms with Crippen LogP contribution in [0.1, 0.15) is 19.3 Å². The van der Waals surface area contributed by atoms with E-state index in [-0.39, 0.29) is 0 Å². The first-order valence-electron chi connectivity index (χ1n) is 5.01. The van der Waals surface area contributed by atoms with Gasteiger partial charge < -0.3 is 0 Å². The summed E-state index contributed by atoms with van der Waals surface area (Å²) in [6, 6.07) is 0. The van der Waals surface area contributed by atoms with Crippen LogP contribution in [0.15, 0.2) is 0 Å². The van der Waals surface area contributed by atoms with Crippen molar-refractivity contribution in [1.82, 2.24) is 0 Å². The molecule has 1 fully saturated rings. The highest BCUT2D eigenvalue weighted by atomic mass is 32.2. The molecule has 1 saturated heterocycles. The molecule has 116 valence electrons. The van der Waals surface area contributed by atoms with Crippen LogP contribution in [0, 0.1) is 0 Å². The lowest BCUT2D eigenvalue weighted by Crippen LogP contribution is -2.40. The maximum absolute atomic E-state index is 12.2. The Hall–Kier alpha value is -0.160. The van der Waals surface area contributed by atoms with Gasteiger partial charge in [-0.2, -0.15) is 42.1 Å². The predicted molar refractivity (Wildman–Crippen MR) is 58.6 cm³/mol. The van der Waals surface area contributed by atoms with Gasteiger partial charge in [-0.15, -0.1) is 0 Å². The first-order valence-corrected chi connectivity index (χ1v) is 7.61. The van der Waals surface area contributed by atoms with Gasteiger partial charge in [0.25, 0.3) is 0 Å². The summed E-state index contributed by atoms with van der Waals surface area (Å²) in [6.45, 7) is 0. The van der Waals surface area contributed by atoms with E-state index in [1.807, 2.05) is 0 Å². The van der Waals surface area contributed by atoms with E-state index < -0.39 is 34.1 Å².